The molecule has 1 saturated heterocycles. The molecule has 8 heteroatoms. The van der Waals surface area contributed by atoms with Crippen LogP contribution in [-0.4, -0.2) is 49.1 Å². The maximum Gasteiger partial charge on any atom is 0.308 e. The number of amides is 1. The third kappa shape index (κ3) is 4.94. The Balaban J connectivity index is 0.00000264. The van der Waals surface area contributed by atoms with Gasteiger partial charge < -0.3 is 10.0 Å². The molecule has 1 aromatic carbocycles. The minimum Gasteiger partial charge on any atom is -0.481 e. The molecule has 1 amide bonds. The number of hydrogen-bond donors (Lipinski definition) is 1. The number of halogens is 1. The summed E-state index contributed by atoms with van der Waals surface area (Å²) in [6, 6.07) is 6.50. The van der Waals surface area contributed by atoms with Gasteiger partial charge in [0.15, 0.2) is 9.84 Å². The van der Waals surface area contributed by atoms with Crippen LogP contribution in [-0.2, 0) is 19.4 Å². The van der Waals surface area contributed by atoms with Gasteiger partial charge in [0.2, 0.25) is 5.91 Å². The number of carboxylic acids is 1. The van der Waals surface area contributed by atoms with Crippen molar-refractivity contribution in [1.29, 1.82) is 0 Å². The highest BCUT2D eigenvalue weighted by Gasteiger charge is 2.31. The molecule has 0 radical (unpaired) electrons. The van der Waals surface area contributed by atoms with E-state index in [4.69, 9.17) is 5.11 Å². The molecule has 6 nitrogen and oxygen atoms in total. The van der Waals surface area contributed by atoms with E-state index in [-0.39, 0.29) is 41.9 Å². The second kappa shape index (κ2) is 7.79. The fraction of sp³-hybridized carbons (Fsp3) is 0.467. The zero-order valence-electron chi connectivity index (χ0n) is 12.8. The van der Waals surface area contributed by atoms with Crippen LogP contribution in [0.25, 0.3) is 0 Å². The molecule has 1 heterocycles. The Morgan fingerprint density at radius 1 is 1.26 bits per heavy atom. The lowest BCUT2D eigenvalue weighted by molar-refractivity contribution is -0.141. The van der Waals surface area contributed by atoms with Gasteiger partial charge in [0.05, 0.1) is 16.6 Å². The zero-order chi connectivity index (χ0) is 16.3. The number of carboxylic acid groups (broad SMARTS) is 1. The summed E-state index contributed by atoms with van der Waals surface area (Å²) in [5.41, 5.74) is 0.965. The first kappa shape index (κ1) is 19.4. The predicted octanol–water partition coefficient (Wildman–Crippen LogP) is 1.51. The monoisotopic (exact) mass is 361 g/mol. The van der Waals surface area contributed by atoms with Gasteiger partial charge in [0.25, 0.3) is 0 Å². The summed E-state index contributed by atoms with van der Waals surface area (Å²) >= 11 is 0. The summed E-state index contributed by atoms with van der Waals surface area (Å²) in [5, 5.41) is 8.91. The Morgan fingerprint density at radius 2 is 1.87 bits per heavy atom. The number of aliphatic carboxylic acids is 1. The molecular formula is C15H20ClNO5S. The van der Waals surface area contributed by atoms with Crippen LogP contribution in [0.15, 0.2) is 29.2 Å². The van der Waals surface area contributed by atoms with Crippen molar-refractivity contribution < 1.29 is 23.1 Å². The molecule has 23 heavy (non-hydrogen) atoms. The fourth-order valence-corrected chi connectivity index (χ4v) is 3.66. The molecule has 1 aromatic rings. The highest BCUT2D eigenvalue weighted by atomic mass is 35.5. The molecule has 1 N–H and O–H groups in total. The molecule has 0 aromatic heterocycles. The largest absolute Gasteiger partial charge is 0.481 e. The quantitative estimate of drug-likeness (QED) is 0.858. The van der Waals surface area contributed by atoms with Crippen LogP contribution in [0, 0.1) is 12.8 Å². The van der Waals surface area contributed by atoms with Gasteiger partial charge in [-0.25, -0.2) is 8.42 Å². The first-order valence-corrected chi connectivity index (χ1v) is 8.75. The summed E-state index contributed by atoms with van der Waals surface area (Å²) in [6.07, 6.45) is 0.300. The van der Waals surface area contributed by atoms with Gasteiger partial charge in [-0.05, 0) is 25.5 Å². The van der Waals surface area contributed by atoms with E-state index in [2.05, 4.69) is 0 Å². The maximum absolute atomic E-state index is 12.2. The molecule has 1 aliphatic heterocycles. The van der Waals surface area contributed by atoms with Gasteiger partial charge in [-0.15, -0.1) is 12.4 Å². The number of rotatable bonds is 5. The third-order valence-corrected chi connectivity index (χ3v) is 5.59. The van der Waals surface area contributed by atoms with Crippen LogP contribution in [0.4, 0.5) is 0 Å². The van der Waals surface area contributed by atoms with Crippen LogP contribution in [0.3, 0.4) is 0 Å². The van der Waals surface area contributed by atoms with Crippen molar-refractivity contribution in [3.8, 4) is 0 Å². The Kier molecular flexibility index (Phi) is 6.58. The Labute approximate surface area is 141 Å². The van der Waals surface area contributed by atoms with Crippen molar-refractivity contribution in [2.24, 2.45) is 5.92 Å². The van der Waals surface area contributed by atoms with Crippen molar-refractivity contribution in [3.63, 3.8) is 0 Å². The molecule has 0 saturated carbocycles. The second-order valence-electron chi connectivity index (χ2n) is 5.55. The van der Waals surface area contributed by atoms with Gasteiger partial charge in [-0.2, -0.15) is 0 Å². The normalized spacial score (nSPS) is 17.6. The first-order chi connectivity index (χ1) is 10.3. The molecule has 1 fully saturated rings. The van der Waals surface area contributed by atoms with E-state index in [0.717, 1.165) is 5.56 Å². The molecular weight excluding hydrogens is 342 g/mol. The van der Waals surface area contributed by atoms with Gasteiger partial charge in [-0.1, -0.05) is 17.7 Å². The van der Waals surface area contributed by atoms with Crippen molar-refractivity contribution in [2.75, 3.05) is 18.8 Å². The molecule has 1 atom stereocenters. The van der Waals surface area contributed by atoms with Gasteiger partial charge in [0.1, 0.15) is 0 Å². The number of likely N-dealkylation sites (tertiary alicyclic amines) is 1. The Morgan fingerprint density at radius 3 is 2.39 bits per heavy atom. The maximum atomic E-state index is 12.2. The second-order valence-corrected chi connectivity index (χ2v) is 7.65. The predicted molar refractivity (Wildman–Crippen MR) is 87.4 cm³/mol. The molecule has 2 rings (SSSR count). The lowest BCUT2D eigenvalue weighted by Gasteiger charge is -2.15. The van der Waals surface area contributed by atoms with Crippen LogP contribution >= 0.6 is 12.4 Å². The molecule has 1 aliphatic rings. The molecule has 128 valence electrons. The van der Waals surface area contributed by atoms with Gasteiger partial charge >= 0.3 is 5.97 Å². The lowest BCUT2D eigenvalue weighted by Crippen LogP contribution is -2.31. The van der Waals surface area contributed by atoms with Crippen LogP contribution in [0.1, 0.15) is 18.4 Å². The average Bonchev–Trinajstić information content (AvgIpc) is 2.95. The summed E-state index contributed by atoms with van der Waals surface area (Å²) in [5.74, 6) is -2.02. The van der Waals surface area contributed by atoms with E-state index in [1.807, 2.05) is 6.92 Å². The van der Waals surface area contributed by atoms with E-state index < -0.39 is 21.7 Å². The standard InChI is InChI=1S/C15H19NO5S.ClH/c1-11-2-4-13(5-3-11)22(20,21)9-7-14(17)16-8-6-12(10-16)15(18)19;/h2-5,12H,6-10H2,1H3,(H,18,19);1H. The average molecular weight is 362 g/mol. The summed E-state index contributed by atoms with van der Waals surface area (Å²) in [7, 11) is -3.50. The van der Waals surface area contributed by atoms with E-state index in [0.29, 0.717) is 13.0 Å². The first-order valence-electron chi connectivity index (χ1n) is 7.09. The number of carbonyl (C=O) groups is 2. The molecule has 0 aliphatic carbocycles. The number of carbonyl (C=O) groups excluding carboxylic acids is 1. The smallest absolute Gasteiger partial charge is 0.308 e. The van der Waals surface area contributed by atoms with Gasteiger partial charge in [0, 0.05) is 19.5 Å². The van der Waals surface area contributed by atoms with Crippen molar-refractivity contribution >= 4 is 34.1 Å². The number of nitrogens with zero attached hydrogens (tertiary/aromatic N) is 1. The van der Waals surface area contributed by atoms with E-state index in [1.165, 1.54) is 17.0 Å². The van der Waals surface area contributed by atoms with Crippen LogP contribution < -0.4 is 0 Å². The van der Waals surface area contributed by atoms with E-state index in [1.54, 1.807) is 12.1 Å². The van der Waals surface area contributed by atoms with Crippen molar-refractivity contribution in [2.45, 2.75) is 24.7 Å². The summed E-state index contributed by atoms with van der Waals surface area (Å²) in [6.45, 7) is 2.41. The Hall–Kier alpha value is -1.60. The van der Waals surface area contributed by atoms with Gasteiger partial charge in [-0.3, -0.25) is 9.59 Å². The molecule has 0 spiro atoms. The van der Waals surface area contributed by atoms with Crippen molar-refractivity contribution in [1.82, 2.24) is 4.90 Å². The SMILES string of the molecule is Cc1ccc(S(=O)(=O)CCC(=O)N2CCC(C(=O)O)C2)cc1.Cl. The zero-order valence-corrected chi connectivity index (χ0v) is 14.4. The Bertz CT molecular complexity index is 672. The van der Waals surface area contributed by atoms with E-state index in [9.17, 15) is 18.0 Å². The summed E-state index contributed by atoms with van der Waals surface area (Å²) in [4.78, 5) is 24.5. The van der Waals surface area contributed by atoms with E-state index >= 15 is 0 Å². The minimum absolute atomic E-state index is 0. The number of aryl methyl sites for hydroxylation is 1. The third-order valence-electron chi connectivity index (χ3n) is 3.85. The number of benzene rings is 1. The van der Waals surface area contributed by atoms with Crippen LogP contribution in [0.2, 0.25) is 0 Å². The lowest BCUT2D eigenvalue weighted by atomic mass is 10.1. The number of hydrogen-bond acceptors (Lipinski definition) is 4. The number of sulfone groups is 1. The molecule has 0 bridgehead atoms. The topological polar surface area (TPSA) is 91.8 Å². The highest BCUT2D eigenvalue weighted by molar-refractivity contribution is 7.91. The highest BCUT2D eigenvalue weighted by Crippen LogP contribution is 2.18. The van der Waals surface area contributed by atoms with Crippen LogP contribution in [0.5, 0.6) is 0 Å². The fourth-order valence-electron chi connectivity index (χ4n) is 2.43. The minimum atomic E-state index is -3.50. The molecule has 1 unspecified atom stereocenters. The summed E-state index contributed by atoms with van der Waals surface area (Å²) < 4.78 is 24.3. The van der Waals surface area contributed by atoms with Crippen molar-refractivity contribution in [3.05, 3.63) is 29.8 Å².